The zero-order valence-corrected chi connectivity index (χ0v) is 13.8. The fourth-order valence-electron chi connectivity index (χ4n) is 2.89. The summed E-state index contributed by atoms with van der Waals surface area (Å²) in [6, 6.07) is 6.97. The molecule has 1 atom stereocenters. The molecule has 0 unspecified atom stereocenters. The molecule has 1 aliphatic heterocycles. The third-order valence-electron chi connectivity index (χ3n) is 4.19. The van der Waals surface area contributed by atoms with E-state index in [9.17, 15) is 18.0 Å². The Balaban J connectivity index is 1.75. The normalized spacial score (nSPS) is 18.0. The molecule has 2 nitrogen and oxygen atoms in total. The number of halogens is 3. The van der Waals surface area contributed by atoms with E-state index >= 15 is 0 Å². The Bertz CT molecular complexity index is 779. The molecule has 3 rings (SSSR count). The first-order valence-electron chi connectivity index (χ1n) is 7.58. The van der Waals surface area contributed by atoms with E-state index in [1.54, 1.807) is 22.3 Å². The first-order valence-corrected chi connectivity index (χ1v) is 8.46. The number of alkyl halides is 3. The van der Waals surface area contributed by atoms with E-state index in [0.717, 1.165) is 24.1 Å². The molecule has 0 N–H and O–H groups in total. The van der Waals surface area contributed by atoms with Gasteiger partial charge in [-0.05, 0) is 54.1 Å². The molecule has 2 heterocycles. The SMILES string of the molecule is C[C@H]1c2ccsc2CCN1C(=O)/C=C/c1cccc(C(F)(F)F)c1. The molecule has 1 aliphatic rings. The standard InChI is InChI=1S/C18H16F3NOS/c1-12-15-8-10-24-16(15)7-9-22(12)17(23)6-5-13-3-2-4-14(11-13)18(19,20)21/h2-6,8,10-12H,7,9H2,1H3/b6-5+/t12-/m0/s1. The van der Waals surface area contributed by atoms with Crippen molar-refractivity contribution in [3.8, 4) is 0 Å². The van der Waals surface area contributed by atoms with Crippen LogP contribution in [0.5, 0.6) is 0 Å². The van der Waals surface area contributed by atoms with Crippen LogP contribution in [-0.2, 0) is 17.4 Å². The van der Waals surface area contributed by atoms with Crippen molar-refractivity contribution in [3.63, 3.8) is 0 Å². The minimum absolute atomic E-state index is 0.0151. The van der Waals surface area contributed by atoms with E-state index in [4.69, 9.17) is 0 Å². The molecule has 0 bridgehead atoms. The van der Waals surface area contributed by atoms with E-state index in [1.807, 2.05) is 18.4 Å². The summed E-state index contributed by atoms with van der Waals surface area (Å²) in [6.45, 7) is 2.60. The smallest absolute Gasteiger partial charge is 0.332 e. The van der Waals surface area contributed by atoms with Gasteiger partial charge in [-0.2, -0.15) is 13.2 Å². The van der Waals surface area contributed by atoms with E-state index in [-0.39, 0.29) is 11.9 Å². The van der Waals surface area contributed by atoms with Gasteiger partial charge in [-0.1, -0.05) is 12.1 Å². The van der Waals surface area contributed by atoms with Gasteiger partial charge in [0, 0.05) is 17.5 Å². The maximum Gasteiger partial charge on any atom is 0.416 e. The second kappa shape index (κ2) is 6.43. The maximum absolute atomic E-state index is 12.7. The molecule has 1 aromatic heterocycles. The number of hydrogen-bond donors (Lipinski definition) is 0. The van der Waals surface area contributed by atoms with Crippen LogP contribution in [0, 0.1) is 0 Å². The topological polar surface area (TPSA) is 20.3 Å². The second-order valence-corrected chi connectivity index (χ2v) is 6.71. The highest BCUT2D eigenvalue weighted by molar-refractivity contribution is 7.10. The number of amides is 1. The van der Waals surface area contributed by atoms with Crippen molar-refractivity contribution in [3.05, 3.63) is 63.4 Å². The van der Waals surface area contributed by atoms with Gasteiger partial charge in [0.05, 0.1) is 11.6 Å². The Morgan fingerprint density at radius 2 is 2.12 bits per heavy atom. The third kappa shape index (κ3) is 3.38. The first kappa shape index (κ1) is 16.8. The molecule has 0 aliphatic carbocycles. The molecule has 6 heteroatoms. The molecular weight excluding hydrogens is 335 g/mol. The van der Waals surface area contributed by atoms with E-state index < -0.39 is 11.7 Å². The fraction of sp³-hybridized carbons (Fsp3) is 0.278. The van der Waals surface area contributed by atoms with Crippen LogP contribution in [0.4, 0.5) is 13.2 Å². The van der Waals surface area contributed by atoms with E-state index in [1.165, 1.54) is 23.1 Å². The molecule has 0 saturated carbocycles. The first-order chi connectivity index (χ1) is 11.4. The van der Waals surface area contributed by atoms with Crippen molar-refractivity contribution in [1.82, 2.24) is 4.90 Å². The Morgan fingerprint density at radius 3 is 2.88 bits per heavy atom. The number of fused-ring (bicyclic) bond motifs is 1. The summed E-state index contributed by atoms with van der Waals surface area (Å²) in [6.07, 6.45) is -0.776. The van der Waals surface area contributed by atoms with Gasteiger partial charge in [0.2, 0.25) is 5.91 Å². The van der Waals surface area contributed by atoms with Crippen LogP contribution in [0.1, 0.15) is 34.5 Å². The Hall–Kier alpha value is -2.08. The lowest BCUT2D eigenvalue weighted by Gasteiger charge is -2.32. The highest BCUT2D eigenvalue weighted by Crippen LogP contribution is 2.33. The van der Waals surface area contributed by atoms with Crippen molar-refractivity contribution >= 4 is 23.3 Å². The molecule has 0 saturated heterocycles. The second-order valence-electron chi connectivity index (χ2n) is 5.71. The van der Waals surface area contributed by atoms with Crippen LogP contribution in [0.15, 0.2) is 41.8 Å². The van der Waals surface area contributed by atoms with Crippen LogP contribution in [-0.4, -0.2) is 17.4 Å². The number of nitrogens with zero attached hydrogens (tertiary/aromatic N) is 1. The molecule has 126 valence electrons. The van der Waals surface area contributed by atoms with Crippen molar-refractivity contribution in [2.45, 2.75) is 25.6 Å². The molecule has 0 radical (unpaired) electrons. The maximum atomic E-state index is 12.7. The van der Waals surface area contributed by atoms with E-state index in [0.29, 0.717) is 12.1 Å². The zero-order chi connectivity index (χ0) is 17.3. The average Bonchev–Trinajstić information content (AvgIpc) is 3.02. The molecule has 0 spiro atoms. The molecule has 1 amide bonds. The van der Waals surface area contributed by atoms with Gasteiger partial charge in [0.25, 0.3) is 0 Å². The molecule has 0 fully saturated rings. The minimum Gasteiger partial charge on any atom is -0.332 e. The summed E-state index contributed by atoms with van der Waals surface area (Å²) in [5.41, 5.74) is 0.803. The van der Waals surface area contributed by atoms with Crippen molar-refractivity contribution in [2.75, 3.05) is 6.54 Å². The quantitative estimate of drug-likeness (QED) is 0.703. The number of hydrogen-bond acceptors (Lipinski definition) is 2. The summed E-state index contributed by atoms with van der Waals surface area (Å²) < 4.78 is 38.2. The molecular formula is C18H16F3NOS. The van der Waals surface area contributed by atoms with Gasteiger partial charge in [-0.15, -0.1) is 11.3 Å². The number of rotatable bonds is 2. The fourth-order valence-corrected chi connectivity index (χ4v) is 3.86. The number of carbonyl (C=O) groups excluding carboxylic acids is 1. The Morgan fingerprint density at radius 1 is 1.33 bits per heavy atom. The number of carbonyl (C=O) groups is 1. The number of benzene rings is 1. The number of thiophene rings is 1. The summed E-state index contributed by atoms with van der Waals surface area (Å²) in [5, 5.41) is 2.02. The summed E-state index contributed by atoms with van der Waals surface area (Å²) in [4.78, 5) is 15.5. The minimum atomic E-state index is -4.38. The zero-order valence-electron chi connectivity index (χ0n) is 13.0. The predicted octanol–water partition coefficient (Wildman–Crippen LogP) is 4.93. The monoisotopic (exact) mass is 351 g/mol. The molecule has 1 aromatic carbocycles. The van der Waals surface area contributed by atoms with Crippen molar-refractivity contribution in [2.24, 2.45) is 0 Å². The predicted molar refractivity (Wildman–Crippen MR) is 88.6 cm³/mol. The lowest BCUT2D eigenvalue weighted by atomic mass is 10.0. The van der Waals surface area contributed by atoms with Crippen molar-refractivity contribution < 1.29 is 18.0 Å². The van der Waals surface area contributed by atoms with Crippen LogP contribution >= 0.6 is 11.3 Å². The van der Waals surface area contributed by atoms with Crippen LogP contribution in [0.25, 0.3) is 6.08 Å². The summed E-state index contributed by atoms with van der Waals surface area (Å²) in [5.74, 6) is -0.184. The van der Waals surface area contributed by atoms with Gasteiger partial charge >= 0.3 is 6.18 Å². The van der Waals surface area contributed by atoms with Gasteiger partial charge in [0.15, 0.2) is 0 Å². The highest BCUT2D eigenvalue weighted by atomic mass is 32.1. The summed E-state index contributed by atoms with van der Waals surface area (Å²) in [7, 11) is 0. The van der Waals surface area contributed by atoms with E-state index in [2.05, 4.69) is 0 Å². The van der Waals surface area contributed by atoms with Gasteiger partial charge < -0.3 is 4.90 Å². The molecule has 24 heavy (non-hydrogen) atoms. The average molecular weight is 351 g/mol. The van der Waals surface area contributed by atoms with Gasteiger partial charge in [-0.25, -0.2) is 0 Å². The lowest BCUT2D eigenvalue weighted by Crippen LogP contribution is -2.37. The summed E-state index contributed by atoms with van der Waals surface area (Å²) >= 11 is 1.69. The highest BCUT2D eigenvalue weighted by Gasteiger charge is 2.30. The largest absolute Gasteiger partial charge is 0.416 e. The molecule has 2 aromatic rings. The van der Waals surface area contributed by atoms with Crippen LogP contribution < -0.4 is 0 Å². The third-order valence-corrected chi connectivity index (χ3v) is 5.19. The van der Waals surface area contributed by atoms with Crippen LogP contribution in [0.3, 0.4) is 0 Å². The van der Waals surface area contributed by atoms with Gasteiger partial charge in [0.1, 0.15) is 0 Å². The Labute approximate surface area is 142 Å². The van der Waals surface area contributed by atoms with Crippen LogP contribution in [0.2, 0.25) is 0 Å². The Kier molecular flexibility index (Phi) is 4.49. The van der Waals surface area contributed by atoms with Gasteiger partial charge in [-0.3, -0.25) is 4.79 Å². The van der Waals surface area contributed by atoms with Crippen molar-refractivity contribution in [1.29, 1.82) is 0 Å². The lowest BCUT2D eigenvalue weighted by molar-refractivity contribution is -0.137.